The molecule has 2 fully saturated rings. The van der Waals surface area contributed by atoms with Crippen molar-refractivity contribution in [1.29, 1.82) is 0 Å². The highest BCUT2D eigenvalue weighted by Crippen LogP contribution is 2.31. The Bertz CT molecular complexity index is 1130. The summed E-state index contributed by atoms with van der Waals surface area (Å²) >= 11 is 0. The van der Waals surface area contributed by atoms with E-state index in [4.69, 9.17) is 4.74 Å². The van der Waals surface area contributed by atoms with Gasteiger partial charge in [0.1, 0.15) is 16.8 Å². The number of rotatable bonds is 3. The number of anilines is 2. The van der Waals surface area contributed by atoms with Crippen LogP contribution < -0.4 is 10.2 Å². The van der Waals surface area contributed by atoms with Crippen LogP contribution in [0.3, 0.4) is 0 Å². The molecule has 162 valence electrons. The minimum Gasteiger partial charge on any atom is -0.378 e. The van der Waals surface area contributed by atoms with Crippen LogP contribution in [0.15, 0.2) is 51.9 Å². The van der Waals surface area contributed by atoms with Crippen LogP contribution in [0.5, 0.6) is 0 Å². The second-order valence-corrected chi connectivity index (χ2v) is 9.30. The number of fused-ring (bicyclic) bond motifs is 1. The molecule has 1 amide bonds. The number of sulfonamides is 1. The number of carbonyl (C=O) groups is 1. The Morgan fingerprint density at radius 2 is 1.90 bits per heavy atom. The number of aromatic nitrogens is 1. The van der Waals surface area contributed by atoms with Crippen molar-refractivity contribution in [2.45, 2.75) is 23.8 Å². The molecule has 2 saturated heterocycles. The zero-order chi connectivity index (χ0) is 21.4. The maximum absolute atomic E-state index is 13.0. The van der Waals surface area contributed by atoms with E-state index in [-0.39, 0.29) is 10.8 Å². The van der Waals surface area contributed by atoms with Gasteiger partial charge in [0, 0.05) is 25.2 Å². The Morgan fingerprint density at radius 1 is 1.10 bits per heavy atom. The molecule has 1 N–H and O–H groups in total. The third-order valence-corrected chi connectivity index (χ3v) is 7.12. The predicted octanol–water partition coefficient (Wildman–Crippen LogP) is 1.47. The van der Waals surface area contributed by atoms with Gasteiger partial charge in [-0.1, -0.05) is 12.1 Å². The number of pyridine rings is 1. The van der Waals surface area contributed by atoms with Gasteiger partial charge in [0.25, 0.3) is 10.0 Å². The molecular formula is C21H23N5O4S. The van der Waals surface area contributed by atoms with Gasteiger partial charge in [-0.25, -0.2) is 4.98 Å². The van der Waals surface area contributed by atoms with Gasteiger partial charge in [-0.3, -0.25) is 4.79 Å². The minimum absolute atomic E-state index is 0.192. The Morgan fingerprint density at radius 3 is 2.68 bits per heavy atom. The van der Waals surface area contributed by atoms with Gasteiger partial charge in [-0.15, -0.1) is 4.40 Å². The molecule has 0 unspecified atom stereocenters. The first-order valence-electron chi connectivity index (χ1n) is 10.3. The number of hydrogen-bond acceptors (Lipinski definition) is 7. The van der Waals surface area contributed by atoms with Gasteiger partial charge in [-0.05, 0) is 37.1 Å². The third-order valence-electron chi connectivity index (χ3n) is 5.79. The van der Waals surface area contributed by atoms with Crippen LogP contribution in [0.2, 0.25) is 0 Å². The zero-order valence-electron chi connectivity index (χ0n) is 16.9. The molecule has 9 nitrogen and oxygen atoms in total. The van der Waals surface area contributed by atoms with Gasteiger partial charge >= 0.3 is 0 Å². The maximum Gasteiger partial charge on any atom is 0.285 e. The van der Waals surface area contributed by atoms with Crippen molar-refractivity contribution >= 4 is 33.3 Å². The normalized spacial score (nSPS) is 22.2. The summed E-state index contributed by atoms with van der Waals surface area (Å²) in [6, 6.07) is 9.98. The van der Waals surface area contributed by atoms with Crippen LogP contribution in [0.25, 0.3) is 0 Å². The second kappa shape index (κ2) is 7.93. The van der Waals surface area contributed by atoms with Crippen LogP contribution in [0.1, 0.15) is 18.4 Å². The average Bonchev–Trinajstić information content (AvgIpc) is 3.38. The van der Waals surface area contributed by atoms with Crippen molar-refractivity contribution in [2.24, 2.45) is 4.40 Å². The summed E-state index contributed by atoms with van der Waals surface area (Å²) < 4.78 is 34.2. The summed E-state index contributed by atoms with van der Waals surface area (Å²) in [4.78, 5) is 21.6. The van der Waals surface area contributed by atoms with E-state index < -0.39 is 16.1 Å². The monoisotopic (exact) mass is 441 g/mol. The third kappa shape index (κ3) is 3.77. The standard InChI is InChI=1S/C21H23N5O4S/c27-21(23-15-7-8-19(22-14-15)25-10-12-30-13-11-25)17-5-3-9-26(17)20-16-4-1-2-6-18(16)31(28,29)24-20/h1-2,4,6-8,14,17H,3,5,9-13H2,(H,23,27)/t17-/m0/s1. The lowest BCUT2D eigenvalue weighted by Crippen LogP contribution is -2.43. The summed E-state index contributed by atoms with van der Waals surface area (Å²) in [7, 11) is -3.72. The Labute approximate surface area is 180 Å². The lowest BCUT2D eigenvalue weighted by atomic mass is 10.1. The molecule has 0 saturated carbocycles. The highest BCUT2D eigenvalue weighted by molar-refractivity contribution is 7.90. The summed E-state index contributed by atoms with van der Waals surface area (Å²) in [5.41, 5.74) is 1.16. The number of amides is 1. The van der Waals surface area contributed by atoms with Gasteiger partial charge in [-0.2, -0.15) is 8.42 Å². The van der Waals surface area contributed by atoms with E-state index in [0.29, 0.717) is 43.3 Å². The van der Waals surface area contributed by atoms with Crippen molar-refractivity contribution in [3.8, 4) is 0 Å². The molecule has 1 aromatic carbocycles. The van der Waals surface area contributed by atoms with Crippen LogP contribution in [-0.4, -0.2) is 68.9 Å². The number of benzene rings is 1. The van der Waals surface area contributed by atoms with E-state index in [9.17, 15) is 13.2 Å². The van der Waals surface area contributed by atoms with Crippen LogP contribution in [-0.2, 0) is 19.6 Å². The van der Waals surface area contributed by atoms with Gasteiger partial charge in [0.2, 0.25) is 5.91 Å². The van der Waals surface area contributed by atoms with Crippen LogP contribution >= 0.6 is 0 Å². The first kappa shape index (κ1) is 20.0. The van der Waals surface area contributed by atoms with E-state index in [1.54, 1.807) is 35.4 Å². The predicted molar refractivity (Wildman–Crippen MR) is 116 cm³/mol. The molecule has 3 aliphatic heterocycles. The first-order valence-corrected chi connectivity index (χ1v) is 11.8. The molecule has 5 rings (SSSR count). The fraction of sp³-hybridized carbons (Fsp3) is 0.381. The molecule has 0 spiro atoms. The van der Waals surface area contributed by atoms with Crippen molar-refractivity contribution in [3.05, 3.63) is 48.2 Å². The van der Waals surface area contributed by atoms with Crippen LogP contribution in [0.4, 0.5) is 11.5 Å². The SMILES string of the molecule is O=C(Nc1ccc(N2CCOCC2)nc1)[C@@H]1CCCN1C1=NS(=O)(=O)c2ccccc21. The lowest BCUT2D eigenvalue weighted by Gasteiger charge is -2.28. The van der Waals surface area contributed by atoms with Gasteiger partial charge < -0.3 is 19.9 Å². The van der Waals surface area contributed by atoms with Gasteiger partial charge in [0.15, 0.2) is 5.84 Å². The molecule has 10 heteroatoms. The Hall–Kier alpha value is -2.98. The topological polar surface area (TPSA) is 104 Å². The summed E-state index contributed by atoms with van der Waals surface area (Å²) in [5.74, 6) is 1.02. The van der Waals surface area contributed by atoms with E-state index in [2.05, 4.69) is 19.6 Å². The number of nitrogens with zero attached hydrogens (tertiary/aromatic N) is 4. The Kier molecular flexibility index (Phi) is 5.11. The molecule has 3 aliphatic rings. The summed E-state index contributed by atoms with van der Waals surface area (Å²) in [6.07, 6.45) is 3.06. The average molecular weight is 442 g/mol. The zero-order valence-corrected chi connectivity index (χ0v) is 17.7. The molecule has 1 aromatic heterocycles. The molecule has 4 heterocycles. The molecule has 0 aliphatic carbocycles. The number of morpholine rings is 1. The molecule has 0 bridgehead atoms. The highest BCUT2D eigenvalue weighted by atomic mass is 32.2. The number of likely N-dealkylation sites (tertiary alicyclic amines) is 1. The first-order chi connectivity index (χ1) is 15.0. The molecule has 31 heavy (non-hydrogen) atoms. The number of hydrogen-bond donors (Lipinski definition) is 1. The summed E-state index contributed by atoms with van der Waals surface area (Å²) in [5, 5.41) is 2.92. The largest absolute Gasteiger partial charge is 0.378 e. The second-order valence-electron chi connectivity index (χ2n) is 7.73. The molecular weight excluding hydrogens is 418 g/mol. The number of amidine groups is 1. The maximum atomic E-state index is 13.0. The van der Waals surface area contributed by atoms with Gasteiger partial charge in [0.05, 0.1) is 25.1 Å². The van der Waals surface area contributed by atoms with E-state index in [1.807, 2.05) is 12.1 Å². The van der Waals surface area contributed by atoms with E-state index in [0.717, 1.165) is 25.3 Å². The van der Waals surface area contributed by atoms with E-state index in [1.165, 1.54) is 0 Å². The lowest BCUT2D eigenvalue weighted by molar-refractivity contribution is -0.119. The van der Waals surface area contributed by atoms with Crippen molar-refractivity contribution in [1.82, 2.24) is 9.88 Å². The number of nitrogens with one attached hydrogen (secondary N) is 1. The minimum atomic E-state index is -3.72. The Balaban J connectivity index is 1.32. The molecule has 2 aromatic rings. The highest BCUT2D eigenvalue weighted by Gasteiger charge is 2.39. The molecule has 1 atom stereocenters. The fourth-order valence-corrected chi connectivity index (χ4v) is 5.47. The van der Waals surface area contributed by atoms with Crippen molar-refractivity contribution in [2.75, 3.05) is 43.1 Å². The quantitative estimate of drug-likeness (QED) is 0.769. The summed E-state index contributed by atoms with van der Waals surface area (Å²) in [6.45, 7) is 3.53. The van der Waals surface area contributed by atoms with E-state index >= 15 is 0 Å². The van der Waals surface area contributed by atoms with Crippen molar-refractivity contribution in [3.63, 3.8) is 0 Å². The van der Waals surface area contributed by atoms with Crippen molar-refractivity contribution < 1.29 is 17.9 Å². The fourth-order valence-electron chi connectivity index (χ4n) is 4.25. The number of ether oxygens (including phenoxy) is 1. The molecule has 0 radical (unpaired) electrons. The number of carbonyl (C=O) groups excluding carboxylic acids is 1. The van der Waals surface area contributed by atoms with Crippen LogP contribution in [0, 0.1) is 0 Å². The smallest absolute Gasteiger partial charge is 0.285 e.